The topological polar surface area (TPSA) is 77.8 Å². The minimum atomic E-state index is -0.0901. The van der Waals surface area contributed by atoms with E-state index in [-0.39, 0.29) is 6.04 Å². The molecule has 0 fully saturated rings. The molecule has 2 aromatic heterocycles. The number of aromatic nitrogens is 3. The Bertz CT molecular complexity index is 730. The van der Waals surface area contributed by atoms with Gasteiger partial charge in [0.05, 0.1) is 6.04 Å². The van der Waals surface area contributed by atoms with E-state index in [4.69, 9.17) is 10.3 Å². The normalized spacial score (nSPS) is 12.5. The number of hydrogen-bond acceptors (Lipinski definition) is 6. The molecule has 3 aromatic rings. The van der Waals surface area contributed by atoms with E-state index < -0.39 is 0 Å². The fourth-order valence-corrected chi connectivity index (χ4v) is 2.68. The standard InChI is InChI=1S/C15H16N4OS/c1-3-10-4-6-11(7-5-10)13-18-14(20-19-13)12-8-21-15(17-12)9(2)16/h4-9H,3,16H2,1-2H3. The van der Waals surface area contributed by atoms with Crippen molar-refractivity contribution in [3.05, 3.63) is 40.2 Å². The predicted octanol–water partition coefficient (Wildman–Crippen LogP) is 3.44. The van der Waals surface area contributed by atoms with E-state index in [1.54, 1.807) is 0 Å². The molecule has 6 heteroatoms. The van der Waals surface area contributed by atoms with Gasteiger partial charge in [-0.15, -0.1) is 11.3 Å². The van der Waals surface area contributed by atoms with Crippen molar-refractivity contribution in [1.29, 1.82) is 0 Å². The molecule has 21 heavy (non-hydrogen) atoms. The summed E-state index contributed by atoms with van der Waals surface area (Å²) in [7, 11) is 0. The zero-order valence-corrected chi connectivity index (χ0v) is 12.7. The molecule has 0 saturated carbocycles. The Kier molecular flexibility index (Phi) is 3.81. The third-order valence-corrected chi connectivity index (χ3v) is 4.22. The second kappa shape index (κ2) is 5.75. The number of rotatable bonds is 4. The van der Waals surface area contributed by atoms with Gasteiger partial charge in [0.15, 0.2) is 0 Å². The van der Waals surface area contributed by atoms with E-state index in [0.717, 1.165) is 17.0 Å². The Morgan fingerprint density at radius 2 is 2.00 bits per heavy atom. The Morgan fingerprint density at radius 1 is 1.24 bits per heavy atom. The van der Waals surface area contributed by atoms with Gasteiger partial charge in [0.25, 0.3) is 5.89 Å². The van der Waals surface area contributed by atoms with E-state index in [9.17, 15) is 0 Å². The van der Waals surface area contributed by atoms with Gasteiger partial charge in [0.2, 0.25) is 5.82 Å². The lowest BCUT2D eigenvalue weighted by Gasteiger charge is -1.97. The Balaban J connectivity index is 1.87. The highest BCUT2D eigenvalue weighted by Crippen LogP contribution is 2.25. The van der Waals surface area contributed by atoms with Crippen molar-refractivity contribution in [3.8, 4) is 23.0 Å². The van der Waals surface area contributed by atoms with E-state index in [0.29, 0.717) is 17.4 Å². The monoisotopic (exact) mass is 300 g/mol. The summed E-state index contributed by atoms with van der Waals surface area (Å²) >= 11 is 1.50. The number of nitrogens with two attached hydrogens (primary N) is 1. The first-order chi connectivity index (χ1) is 10.2. The highest BCUT2D eigenvalue weighted by Gasteiger charge is 2.15. The summed E-state index contributed by atoms with van der Waals surface area (Å²) < 4.78 is 5.30. The zero-order valence-electron chi connectivity index (χ0n) is 11.9. The first-order valence-corrected chi connectivity index (χ1v) is 7.69. The molecule has 0 saturated heterocycles. The lowest BCUT2D eigenvalue weighted by Crippen LogP contribution is -2.03. The highest BCUT2D eigenvalue weighted by atomic mass is 32.1. The molecule has 1 atom stereocenters. The largest absolute Gasteiger partial charge is 0.332 e. The third-order valence-electron chi connectivity index (χ3n) is 3.18. The number of nitrogens with zero attached hydrogens (tertiary/aromatic N) is 3. The van der Waals surface area contributed by atoms with Crippen LogP contribution in [0, 0.1) is 0 Å². The molecular weight excluding hydrogens is 284 g/mol. The number of benzene rings is 1. The van der Waals surface area contributed by atoms with E-state index in [1.807, 2.05) is 24.4 Å². The van der Waals surface area contributed by atoms with Crippen molar-refractivity contribution in [3.63, 3.8) is 0 Å². The van der Waals surface area contributed by atoms with Crippen LogP contribution in [0.4, 0.5) is 0 Å². The average Bonchev–Trinajstić information content (AvgIpc) is 3.16. The molecule has 3 rings (SSSR count). The van der Waals surface area contributed by atoms with Crippen LogP contribution in [0.1, 0.15) is 30.5 Å². The molecule has 0 aliphatic rings. The van der Waals surface area contributed by atoms with Crippen molar-refractivity contribution in [2.75, 3.05) is 0 Å². The van der Waals surface area contributed by atoms with Crippen LogP contribution in [0.2, 0.25) is 0 Å². The molecule has 0 aliphatic carbocycles. The van der Waals surface area contributed by atoms with Gasteiger partial charge in [-0.05, 0) is 18.9 Å². The van der Waals surface area contributed by atoms with Gasteiger partial charge in [0, 0.05) is 10.9 Å². The van der Waals surface area contributed by atoms with Gasteiger partial charge in [-0.25, -0.2) is 4.98 Å². The van der Waals surface area contributed by atoms with Gasteiger partial charge in [-0.3, -0.25) is 0 Å². The summed E-state index contributed by atoms with van der Waals surface area (Å²) in [5.74, 6) is 0.996. The molecule has 108 valence electrons. The second-order valence-corrected chi connectivity index (χ2v) is 5.72. The van der Waals surface area contributed by atoms with Crippen molar-refractivity contribution in [1.82, 2.24) is 15.1 Å². The Labute approximate surface area is 126 Å². The highest BCUT2D eigenvalue weighted by molar-refractivity contribution is 7.10. The van der Waals surface area contributed by atoms with Crippen molar-refractivity contribution in [2.45, 2.75) is 26.3 Å². The molecule has 0 amide bonds. The number of thiazole rings is 1. The molecule has 0 bridgehead atoms. The van der Waals surface area contributed by atoms with Crippen LogP contribution in [0.25, 0.3) is 23.0 Å². The van der Waals surface area contributed by atoms with Crippen molar-refractivity contribution >= 4 is 11.3 Å². The van der Waals surface area contributed by atoms with Crippen LogP contribution < -0.4 is 5.73 Å². The lowest BCUT2D eigenvalue weighted by atomic mass is 10.1. The van der Waals surface area contributed by atoms with Crippen molar-refractivity contribution < 1.29 is 4.52 Å². The molecule has 2 heterocycles. The maximum absolute atomic E-state index is 5.81. The number of aryl methyl sites for hydroxylation is 1. The molecule has 1 aromatic carbocycles. The summed E-state index contributed by atoms with van der Waals surface area (Å²) in [5, 5.41) is 6.76. The van der Waals surface area contributed by atoms with E-state index in [2.05, 4.69) is 34.2 Å². The Morgan fingerprint density at radius 3 is 2.62 bits per heavy atom. The zero-order chi connectivity index (χ0) is 14.8. The minimum absolute atomic E-state index is 0.0901. The van der Waals surface area contributed by atoms with E-state index in [1.165, 1.54) is 16.9 Å². The molecular formula is C15H16N4OS. The fraction of sp³-hybridized carbons (Fsp3) is 0.267. The van der Waals surface area contributed by atoms with Gasteiger partial charge in [-0.1, -0.05) is 36.3 Å². The summed E-state index contributed by atoms with van der Waals surface area (Å²) in [6, 6.07) is 8.06. The molecule has 0 radical (unpaired) electrons. The SMILES string of the molecule is CCc1ccc(-c2noc(-c3csc(C(C)N)n3)n2)cc1. The maximum atomic E-state index is 5.81. The van der Waals surface area contributed by atoms with E-state index >= 15 is 0 Å². The van der Waals surface area contributed by atoms with Gasteiger partial charge in [0.1, 0.15) is 10.7 Å². The summed E-state index contributed by atoms with van der Waals surface area (Å²) in [5.41, 5.74) is 8.70. The van der Waals surface area contributed by atoms with Crippen LogP contribution in [-0.4, -0.2) is 15.1 Å². The quantitative estimate of drug-likeness (QED) is 0.798. The molecule has 0 aliphatic heterocycles. The van der Waals surface area contributed by atoms with Crippen LogP contribution in [0.15, 0.2) is 34.2 Å². The summed E-state index contributed by atoms with van der Waals surface area (Å²) in [4.78, 5) is 8.82. The molecule has 5 nitrogen and oxygen atoms in total. The number of hydrogen-bond donors (Lipinski definition) is 1. The molecule has 0 spiro atoms. The smallest absolute Gasteiger partial charge is 0.277 e. The summed E-state index contributed by atoms with van der Waals surface area (Å²) in [6.45, 7) is 4.02. The maximum Gasteiger partial charge on any atom is 0.277 e. The predicted molar refractivity (Wildman–Crippen MR) is 82.8 cm³/mol. The first-order valence-electron chi connectivity index (χ1n) is 6.81. The van der Waals surface area contributed by atoms with Crippen LogP contribution >= 0.6 is 11.3 Å². The van der Waals surface area contributed by atoms with Gasteiger partial charge >= 0.3 is 0 Å². The minimum Gasteiger partial charge on any atom is -0.332 e. The Hall–Kier alpha value is -2.05. The fourth-order valence-electron chi connectivity index (χ4n) is 1.93. The van der Waals surface area contributed by atoms with Crippen LogP contribution in [-0.2, 0) is 6.42 Å². The lowest BCUT2D eigenvalue weighted by molar-refractivity contribution is 0.431. The summed E-state index contributed by atoms with van der Waals surface area (Å²) in [6.07, 6.45) is 1.01. The first kappa shape index (κ1) is 13.9. The van der Waals surface area contributed by atoms with Gasteiger partial charge in [-0.2, -0.15) is 4.98 Å². The van der Waals surface area contributed by atoms with Crippen LogP contribution in [0.3, 0.4) is 0 Å². The van der Waals surface area contributed by atoms with Crippen LogP contribution in [0.5, 0.6) is 0 Å². The average molecular weight is 300 g/mol. The molecule has 2 N–H and O–H groups in total. The second-order valence-electron chi connectivity index (χ2n) is 4.83. The molecule has 1 unspecified atom stereocenters. The third kappa shape index (κ3) is 2.86. The van der Waals surface area contributed by atoms with Gasteiger partial charge < -0.3 is 10.3 Å². The van der Waals surface area contributed by atoms with Crippen molar-refractivity contribution in [2.24, 2.45) is 5.73 Å².